The normalized spacial score (nSPS) is 13.1. The standard InChI is InChI=1S/C19H17ClF3N3O/c1-12(17-24-25-18(27-17)14-4-3-5-16(20)10-14)26(2)11-13-6-8-15(9-7-13)19(21,22)23/h3-10,12H,11H2,1-2H3. The second-order valence-electron chi connectivity index (χ2n) is 6.24. The Morgan fingerprint density at radius 3 is 2.44 bits per heavy atom. The third-order valence-corrected chi connectivity index (χ3v) is 4.48. The Kier molecular flexibility index (Phi) is 5.53. The topological polar surface area (TPSA) is 42.2 Å². The number of benzene rings is 2. The van der Waals surface area contributed by atoms with Crippen LogP contribution in [0.15, 0.2) is 52.9 Å². The molecule has 27 heavy (non-hydrogen) atoms. The van der Waals surface area contributed by atoms with Gasteiger partial charge in [-0.05, 0) is 49.9 Å². The van der Waals surface area contributed by atoms with Crippen LogP contribution < -0.4 is 0 Å². The van der Waals surface area contributed by atoms with Crippen LogP contribution in [0.3, 0.4) is 0 Å². The molecule has 0 saturated heterocycles. The van der Waals surface area contributed by atoms with E-state index in [2.05, 4.69) is 10.2 Å². The molecule has 4 nitrogen and oxygen atoms in total. The molecule has 1 aromatic heterocycles. The van der Waals surface area contributed by atoms with Crippen molar-refractivity contribution >= 4 is 11.6 Å². The van der Waals surface area contributed by atoms with Gasteiger partial charge < -0.3 is 4.42 Å². The first-order chi connectivity index (χ1) is 12.7. The lowest BCUT2D eigenvalue weighted by atomic mass is 10.1. The first kappa shape index (κ1) is 19.4. The van der Waals surface area contributed by atoms with Crippen molar-refractivity contribution in [3.8, 4) is 11.5 Å². The van der Waals surface area contributed by atoms with Gasteiger partial charge in [0.05, 0.1) is 11.6 Å². The van der Waals surface area contributed by atoms with Gasteiger partial charge in [-0.15, -0.1) is 10.2 Å². The maximum Gasteiger partial charge on any atom is 0.416 e. The monoisotopic (exact) mass is 395 g/mol. The maximum atomic E-state index is 12.7. The molecule has 1 heterocycles. The molecule has 0 N–H and O–H groups in total. The molecule has 3 aromatic rings. The van der Waals surface area contributed by atoms with Crippen LogP contribution in [0.2, 0.25) is 5.02 Å². The van der Waals surface area contributed by atoms with Crippen molar-refractivity contribution in [1.29, 1.82) is 0 Å². The van der Waals surface area contributed by atoms with Gasteiger partial charge in [-0.1, -0.05) is 29.8 Å². The molecule has 0 saturated carbocycles. The van der Waals surface area contributed by atoms with E-state index in [-0.39, 0.29) is 6.04 Å². The summed E-state index contributed by atoms with van der Waals surface area (Å²) in [6.45, 7) is 2.33. The largest absolute Gasteiger partial charge is 0.419 e. The van der Waals surface area contributed by atoms with Crippen LogP contribution in [0.25, 0.3) is 11.5 Å². The van der Waals surface area contributed by atoms with Crippen molar-refractivity contribution in [3.05, 3.63) is 70.6 Å². The molecule has 142 valence electrons. The van der Waals surface area contributed by atoms with Crippen LogP contribution in [-0.2, 0) is 12.7 Å². The summed E-state index contributed by atoms with van der Waals surface area (Å²) in [5.41, 5.74) is 0.816. The fourth-order valence-corrected chi connectivity index (χ4v) is 2.74. The Bertz CT molecular complexity index is 909. The van der Waals surface area contributed by atoms with Crippen LogP contribution in [0.5, 0.6) is 0 Å². The fourth-order valence-electron chi connectivity index (χ4n) is 2.55. The molecule has 0 spiro atoms. The average molecular weight is 396 g/mol. The zero-order chi connectivity index (χ0) is 19.6. The highest BCUT2D eigenvalue weighted by Crippen LogP contribution is 2.30. The van der Waals surface area contributed by atoms with Gasteiger partial charge in [-0.2, -0.15) is 13.2 Å². The van der Waals surface area contributed by atoms with Crippen molar-refractivity contribution in [2.75, 3.05) is 7.05 Å². The van der Waals surface area contributed by atoms with Gasteiger partial charge in [-0.3, -0.25) is 4.90 Å². The smallest absolute Gasteiger partial charge is 0.416 e. The van der Waals surface area contributed by atoms with Gasteiger partial charge in [0.25, 0.3) is 0 Å². The summed E-state index contributed by atoms with van der Waals surface area (Å²) in [6.07, 6.45) is -4.34. The fraction of sp³-hybridized carbons (Fsp3) is 0.263. The third-order valence-electron chi connectivity index (χ3n) is 4.24. The van der Waals surface area contributed by atoms with Crippen LogP contribution in [-0.4, -0.2) is 22.1 Å². The summed E-state index contributed by atoms with van der Waals surface area (Å²) in [5, 5.41) is 8.70. The molecule has 0 aliphatic heterocycles. The Balaban J connectivity index is 1.69. The van der Waals surface area contributed by atoms with Gasteiger partial charge in [0.1, 0.15) is 0 Å². The quantitative estimate of drug-likeness (QED) is 0.563. The highest BCUT2D eigenvalue weighted by atomic mass is 35.5. The van der Waals surface area contributed by atoms with E-state index in [1.807, 2.05) is 24.9 Å². The average Bonchev–Trinajstić information content (AvgIpc) is 3.11. The molecule has 1 atom stereocenters. The van der Waals surface area contributed by atoms with E-state index in [0.717, 1.165) is 23.3 Å². The van der Waals surface area contributed by atoms with Gasteiger partial charge in [0.15, 0.2) is 0 Å². The molecular weight excluding hydrogens is 379 g/mol. The minimum Gasteiger partial charge on any atom is -0.419 e. The van der Waals surface area contributed by atoms with E-state index in [1.165, 1.54) is 12.1 Å². The molecular formula is C19H17ClF3N3O. The number of halogens is 4. The number of hydrogen-bond donors (Lipinski definition) is 0. The number of alkyl halides is 3. The summed E-state index contributed by atoms with van der Waals surface area (Å²) in [7, 11) is 1.84. The van der Waals surface area contributed by atoms with Crippen molar-refractivity contribution in [2.45, 2.75) is 25.7 Å². The van der Waals surface area contributed by atoms with Gasteiger partial charge in [-0.25, -0.2) is 0 Å². The highest BCUT2D eigenvalue weighted by molar-refractivity contribution is 6.30. The number of hydrogen-bond acceptors (Lipinski definition) is 4. The Hall–Kier alpha value is -2.38. The van der Waals surface area contributed by atoms with Crippen LogP contribution in [0.1, 0.15) is 30.0 Å². The molecule has 8 heteroatoms. The van der Waals surface area contributed by atoms with E-state index in [4.69, 9.17) is 16.0 Å². The number of nitrogens with zero attached hydrogens (tertiary/aromatic N) is 3. The summed E-state index contributed by atoms with van der Waals surface area (Å²) in [4.78, 5) is 1.91. The molecule has 0 amide bonds. The predicted octanol–water partition coefficient (Wildman–Crippen LogP) is 5.60. The van der Waals surface area contributed by atoms with Crippen LogP contribution >= 0.6 is 11.6 Å². The predicted molar refractivity (Wildman–Crippen MR) is 96.1 cm³/mol. The first-order valence-electron chi connectivity index (χ1n) is 8.20. The summed E-state index contributed by atoms with van der Waals surface area (Å²) < 4.78 is 43.7. The second-order valence-corrected chi connectivity index (χ2v) is 6.68. The number of rotatable bonds is 5. The number of aromatic nitrogens is 2. The van der Waals surface area contributed by atoms with E-state index in [9.17, 15) is 13.2 Å². The van der Waals surface area contributed by atoms with E-state index in [0.29, 0.717) is 23.3 Å². The zero-order valence-corrected chi connectivity index (χ0v) is 15.4. The molecule has 0 aliphatic carbocycles. The third kappa shape index (κ3) is 4.67. The Labute approximate surface area is 159 Å². The second kappa shape index (κ2) is 7.70. The molecule has 3 rings (SSSR count). The van der Waals surface area contributed by atoms with Gasteiger partial charge >= 0.3 is 6.18 Å². The molecule has 0 radical (unpaired) electrons. The van der Waals surface area contributed by atoms with Crippen molar-refractivity contribution < 1.29 is 17.6 Å². The summed E-state index contributed by atoms with van der Waals surface area (Å²) in [5.74, 6) is 0.779. The van der Waals surface area contributed by atoms with Crippen LogP contribution in [0, 0.1) is 0 Å². The van der Waals surface area contributed by atoms with Crippen molar-refractivity contribution in [3.63, 3.8) is 0 Å². The van der Waals surface area contributed by atoms with E-state index >= 15 is 0 Å². The zero-order valence-electron chi connectivity index (χ0n) is 14.7. The molecule has 2 aromatic carbocycles. The lowest BCUT2D eigenvalue weighted by molar-refractivity contribution is -0.137. The van der Waals surface area contributed by atoms with Crippen LogP contribution in [0.4, 0.5) is 13.2 Å². The summed E-state index contributed by atoms with van der Waals surface area (Å²) in [6, 6.07) is 12.0. The molecule has 0 aliphatic rings. The molecule has 0 bridgehead atoms. The Morgan fingerprint density at radius 1 is 1.11 bits per heavy atom. The van der Waals surface area contributed by atoms with Crippen molar-refractivity contribution in [1.82, 2.24) is 15.1 Å². The van der Waals surface area contributed by atoms with Gasteiger partial charge in [0.2, 0.25) is 11.8 Å². The van der Waals surface area contributed by atoms with Gasteiger partial charge in [0, 0.05) is 17.1 Å². The summed E-state index contributed by atoms with van der Waals surface area (Å²) >= 11 is 5.98. The minimum atomic E-state index is -4.34. The molecule has 0 fully saturated rings. The first-order valence-corrected chi connectivity index (χ1v) is 8.57. The van der Waals surface area contributed by atoms with E-state index in [1.54, 1.807) is 18.2 Å². The highest BCUT2D eigenvalue weighted by Gasteiger charge is 2.30. The Morgan fingerprint density at radius 2 is 1.81 bits per heavy atom. The molecule has 1 unspecified atom stereocenters. The minimum absolute atomic E-state index is 0.215. The lowest BCUT2D eigenvalue weighted by Crippen LogP contribution is -2.22. The maximum absolute atomic E-state index is 12.7. The SMILES string of the molecule is CC(c1nnc(-c2cccc(Cl)c2)o1)N(C)Cc1ccc(C(F)(F)F)cc1. The van der Waals surface area contributed by atoms with E-state index < -0.39 is 11.7 Å². The van der Waals surface area contributed by atoms with Crippen molar-refractivity contribution in [2.24, 2.45) is 0 Å². The lowest BCUT2D eigenvalue weighted by Gasteiger charge is -2.22.